The monoisotopic (exact) mass is 489 g/mol. The number of amides is 1. The second-order valence-corrected chi connectivity index (χ2v) is 9.15. The van der Waals surface area contributed by atoms with Crippen molar-refractivity contribution in [2.75, 3.05) is 38.0 Å². The van der Waals surface area contributed by atoms with E-state index < -0.39 is 22.5 Å². The molecule has 174 valence electrons. The Morgan fingerprint density at radius 3 is 2.33 bits per heavy atom. The maximum absolute atomic E-state index is 12.6. The van der Waals surface area contributed by atoms with Crippen LogP contribution in [0.4, 0.5) is 17.1 Å². The highest BCUT2D eigenvalue weighted by molar-refractivity contribution is 7.89. The van der Waals surface area contributed by atoms with Gasteiger partial charge in [-0.25, -0.2) is 13.1 Å². The van der Waals surface area contributed by atoms with Gasteiger partial charge in [-0.2, -0.15) is 0 Å². The smallest absolute Gasteiger partial charge is 0.241 e. The molecule has 8 nitrogen and oxygen atoms in total. The molecular formula is C23H24ClN3O5S. The fourth-order valence-electron chi connectivity index (χ4n) is 3.10. The third-order valence-electron chi connectivity index (χ3n) is 4.83. The first kappa shape index (κ1) is 24.4. The van der Waals surface area contributed by atoms with E-state index in [2.05, 4.69) is 10.0 Å². The Labute approximate surface area is 198 Å². The molecule has 10 heteroatoms. The summed E-state index contributed by atoms with van der Waals surface area (Å²) in [6, 6.07) is 18.8. The van der Waals surface area contributed by atoms with Crippen molar-refractivity contribution >= 4 is 44.6 Å². The van der Waals surface area contributed by atoms with Gasteiger partial charge in [0.05, 0.1) is 37.0 Å². The van der Waals surface area contributed by atoms with Gasteiger partial charge < -0.3 is 19.7 Å². The summed E-state index contributed by atoms with van der Waals surface area (Å²) >= 11 is 6.17. The molecule has 3 rings (SSSR count). The second kappa shape index (κ2) is 10.6. The number of nitrogens with one attached hydrogen (secondary N) is 2. The predicted octanol–water partition coefficient (Wildman–Crippen LogP) is 4.04. The van der Waals surface area contributed by atoms with E-state index >= 15 is 0 Å². The maximum atomic E-state index is 12.6. The van der Waals surface area contributed by atoms with Gasteiger partial charge in [-0.1, -0.05) is 29.8 Å². The van der Waals surface area contributed by atoms with Crippen molar-refractivity contribution in [3.63, 3.8) is 0 Å². The molecule has 0 bridgehead atoms. The maximum Gasteiger partial charge on any atom is 0.241 e. The van der Waals surface area contributed by atoms with Crippen molar-refractivity contribution in [3.05, 3.63) is 71.8 Å². The molecular weight excluding hydrogens is 466 g/mol. The van der Waals surface area contributed by atoms with Crippen LogP contribution < -0.4 is 24.4 Å². The lowest BCUT2D eigenvalue weighted by molar-refractivity contribution is -0.115. The molecule has 1 amide bonds. The van der Waals surface area contributed by atoms with Gasteiger partial charge in [-0.05, 0) is 42.5 Å². The highest BCUT2D eigenvalue weighted by Crippen LogP contribution is 2.33. The number of benzene rings is 3. The first-order chi connectivity index (χ1) is 15.7. The van der Waals surface area contributed by atoms with Gasteiger partial charge in [-0.3, -0.25) is 4.79 Å². The van der Waals surface area contributed by atoms with Crippen LogP contribution in [0.15, 0.2) is 71.6 Å². The normalized spacial score (nSPS) is 11.0. The number of rotatable bonds is 9. The second-order valence-electron chi connectivity index (χ2n) is 6.95. The molecule has 0 saturated carbocycles. The number of carbonyl (C=O) groups excluding carboxylic acids is 1. The zero-order valence-corrected chi connectivity index (χ0v) is 19.9. The van der Waals surface area contributed by atoms with Crippen LogP contribution in [0.25, 0.3) is 0 Å². The molecule has 0 unspecified atom stereocenters. The van der Waals surface area contributed by atoms with Gasteiger partial charge in [0.2, 0.25) is 15.9 Å². The van der Waals surface area contributed by atoms with Crippen LogP contribution in [0.3, 0.4) is 0 Å². The molecule has 0 heterocycles. The van der Waals surface area contributed by atoms with E-state index in [-0.39, 0.29) is 10.6 Å². The third-order valence-corrected chi connectivity index (χ3v) is 6.46. The number of nitrogens with zero attached hydrogens (tertiary/aromatic N) is 1. The quantitative estimate of drug-likeness (QED) is 0.471. The average Bonchev–Trinajstić information content (AvgIpc) is 2.83. The zero-order valence-electron chi connectivity index (χ0n) is 18.3. The summed E-state index contributed by atoms with van der Waals surface area (Å²) in [6.45, 7) is -0.464. The third kappa shape index (κ3) is 5.95. The standard InChI is InChI=1S/C23H24ClN3O5S/c1-27(17-7-5-4-6-8-17)20-13-16(24)9-11-19(20)26-23(28)15-25-33(29,30)18-10-12-21(31-2)22(14-18)32-3/h4-14,25H,15H2,1-3H3,(H,26,28). The van der Waals surface area contributed by atoms with Crippen molar-refractivity contribution in [1.82, 2.24) is 4.72 Å². The Hall–Kier alpha value is -3.27. The van der Waals surface area contributed by atoms with E-state index in [0.717, 1.165) is 5.69 Å². The SMILES string of the molecule is COc1ccc(S(=O)(=O)NCC(=O)Nc2ccc(Cl)cc2N(C)c2ccccc2)cc1OC. The Morgan fingerprint density at radius 2 is 1.67 bits per heavy atom. The molecule has 0 saturated heterocycles. The number of sulfonamides is 1. The summed E-state index contributed by atoms with van der Waals surface area (Å²) in [5.41, 5.74) is 2.04. The van der Waals surface area contributed by atoms with Crippen LogP contribution in [0.2, 0.25) is 5.02 Å². The zero-order chi connectivity index (χ0) is 24.0. The number of halogens is 1. The number of ether oxygens (including phenoxy) is 2. The fraction of sp³-hybridized carbons (Fsp3) is 0.174. The number of methoxy groups -OCH3 is 2. The summed E-state index contributed by atoms with van der Waals surface area (Å²) in [5.74, 6) is 0.121. The number of hydrogen-bond acceptors (Lipinski definition) is 6. The summed E-state index contributed by atoms with van der Waals surface area (Å²) in [6.07, 6.45) is 0. The topological polar surface area (TPSA) is 97.0 Å². The highest BCUT2D eigenvalue weighted by Gasteiger charge is 2.19. The molecule has 3 aromatic carbocycles. The number of carbonyl (C=O) groups is 1. The Kier molecular flexibility index (Phi) is 7.80. The largest absolute Gasteiger partial charge is 0.493 e. The first-order valence-electron chi connectivity index (χ1n) is 9.85. The van der Waals surface area contributed by atoms with Gasteiger partial charge in [0.15, 0.2) is 11.5 Å². The molecule has 33 heavy (non-hydrogen) atoms. The van der Waals surface area contributed by atoms with Crippen molar-refractivity contribution in [1.29, 1.82) is 0 Å². The summed E-state index contributed by atoms with van der Waals surface area (Å²) in [7, 11) is 0.746. The predicted molar refractivity (Wildman–Crippen MR) is 129 cm³/mol. The minimum absolute atomic E-state index is 0.0519. The molecule has 0 fully saturated rings. The molecule has 0 spiro atoms. The van der Waals surface area contributed by atoms with Gasteiger partial charge in [0.25, 0.3) is 0 Å². The molecule has 3 aromatic rings. The lowest BCUT2D eigenvalue weighted by Gasteiger charge is -2.23. The van der Waals surface area contributed by atoms with E-state index in [9.17, 15) is 13.2 Å². The number of anilines is 3. The highest BCUT2D eigenvalue weighted by atomic mass is 35.5. The van der Waals surface area contributed by atoms with Crippen LogP contribution in [-0.2, 0) is 14.8 Å². The van der Waals surface area contributed by atoms with E-state index in [1.165, 1.54) is 32.4 Å². The number of para-hydroxylation sites is 1. The lowest BCUT2D eigenvalue weighted by atomic mass is 10.2. The molecule has 0 aliphatic heterocycles. The van der Waals surface area contributed by atoms with Crippen molar-refractivity contribution in [2.45, 2.75) is 4.90 Å². The minimum atomic E-state index is -3.96. The molecule has 0 atom stereocenters. The summed E-state index contributed by atoms with van der Waals surface area (Å²) in [4.78, 5) is 14.4. The van der Waals surface area contributed by atoms with Gasteiger partial charge >= 0.3 is 0 Å². The molecule has 0 aromatic heterocycles. The van der Waals surface area contributed by atoms with E-state index in [1.54, 1.807) is 18.2 Å². The molecule has 0 aliphatic carbocycles. The minimum Gasteiger partial charge on any atom is -0.493 e. The summed E-state index contributed by atoms with van der Waals surface area (Å²) < 4.78 is 37.9. The van der Waals surface area contributed by atoms with Gasteiger partial charge in [-0.15, -0.1) is 0 Å². The van der Waals surface area contributed by atoms with Crippen LogP contribution in [-0.4, -0.2) is 42.1 Å². The van der Waals surface area contributed by atoms with Crippen LogP contribution in [0.1, 0.15) is 0 Å². The van der Waals surface area contributed by atoms with Crippen molar-refractivity contribution in [3.8, 4) is 11.5 Å². The van der Waals surface area contributed by atoms with Crippen LogP contribution in [0, 0.1) is 0 Å². The van der Waals surface area contributed by atoms with E-state index in [0.29, 0.717) is 22.1 Å². The first-order valence-corrected chi connectivity index (χ1v) is 11.7. The van der Waals surface area contributed by atoms with Gasteiger partial charge in [0, 0.05) is 23.8 Å². The average molecular weight is 490 g/mol. The Bertz CT molecular complexity index is 1240. The Balaban J connectivity index is 1.74. The molecule has 2 N–H and O–H groups in total. The van der Waals surface area contributed by atoms with Gasteiger partial charge in [0.1, 0.15) is 0 Å². The Morgan fingerprint density at radius 1 is 0.970 bits per heavy atom. The van der Waals surface area contributed by atoms with E-state index in [1.807, 2.05) is 42.3 Å². The lowest BCUT2D eigenvalue weighted by Crippen LogP contribution is -2.33. The van der Waals surface area contributed by atoms with Crippen molar-refractivity contribution in [2.24, 2.45) is 0 Å². The molecule has 0 radical (unpaired) electrons. The van der Waals surface area contributed by atoms with E-state index in [4.69, 9.17) is 21.1 Å². The fourth-order valence-corrected chi connectivity index (χ4v) is 4.26. The van der Waals surface area contributed by atoms with Crippen LogP contribution >= 0.6 is 11.6 Å². The van der Waals surface area contributed by atoms with Crippen LogP contribution in [0.5, 0.6) is 11.5 Å². The van der Waals surface area contributed by atoms with Crippen molar-refractivity contribution < 1.29 is 22.7 Å². The summed E-state index contributed by atoms with van der Waals surface area (Å²) in [5, 5.41) is 3.24. The molecule has 0 aliphatic rings. The number of hydrogen-bond donors (Lipinski definition) is 2.